The van der Waals surface area contributed by atoms with Crippen LogP contribution in [0.3, 0.4) is 0 Å². The van der Waals surface area contributed by atoms with Crippen molar-refractivity contribution in [2.45, 2.75) is 66.3 Å². The lowest BCUT2D eigenvalue weighted by Crippen LogP contribution is -2.41. The molecule has 0 aromatic rings. The number of nitrogens with one attached hydrogen (secondary N) is 1. The van der Waals surface area contributed by atoms with Crippen molar-refractivity contribution in [1.82, 2.24) is 5.32 Å². The second kappa shape index (κ2) is 6.39. The molecule has 1 atom stereocenters. The molecule has 0 bridgehead atoms. The third-order valence-corrected chi connectivity index (χ3v) is 4.13. The van der Waals surface area contributed by atoms with E-state index in [9.17, 15) is 4.79 Å². The van der Waals surface area contributed by atoms with Crippen LogP contribution >= 0.6 is 0 Å². The van der Waals surface area contributed by atoms with Crippen LogP contribution in [0.5, 0.6) is 0 Å². The van der Waals surface area contributed by atoms with Gasteiger partial charge < -0.3 is 10.1 Å². The average Bonchev–Trinajstić information content (AvgIpc) is 2.17. The van der Waals surface area contributed by atoms with Crippen molar-refractivity contribution in [1.29, 1.82) is 0 Å². The van der Waals surface area contributed by atoms with Gasteiger partial charge in [0.15, 0.2) is 0 Å². The van der Waals surface area contributed by atoms with Crippen LogP contribution in [0.15, 0.2) is 0 Å². The van der Waals surface area contributed by atoms with E-state index >= 15 is 0 Å². The molecule has 0 spiro atoms. The van der Waals surface area contributed by atoms with Gasteiger partial charge in [0.2, 0.25) is 0 Å². The zero-order valence-electron chi connectivity index (χ0n) is 11.9. The molecule has 16 heavy (non-hydrogen) atoms. The Hall–Kier alpha value is -0.370. The highest BCUT2D eigenvalue weighted by Crippen LogP contribution is 2.33. The lowest BCUT2D eigenvalue weighted by molar-refractivity contribution is -0.110. The van der Waals surface area contributed by atoms with Gasteiger partial charge in [-0.2, -0.15) is 0 Å². The summed E-state index contributed by atoms with van der Waals surface area (Å²) in [5.41, 5.74) is 0.345. The van der Waals surface area contributed by atoms with Crippen molar-refractivity contribution in [2.75, 3.05) is 6.54 Å². The van der Waals surface area contributed by atoms with Crippen molar-refractivity contribution in [3.63, 3.8) is 0 Å². The molecule has 2 nitrogen and oxygen atoms in total. The number of hydrogen-bond donors (Lipinski definition) is 1. The highest BCUT2D eigenvalue weighted by molar-refractivity contribution is 5.50. The minimum absolute atomic E-state index is 0.137. The van der Waals surface area contributed by atoms with Gasteiger partial charge in [0.25, 0.3) is 0 Å². The van der Waals surface area contributed by atoms with Crippen molar-refractivity contribution < 1.29 is 4.79 Å². The summed E-state index contributed by atoms with van der Waals surface area (Å²) in [5, 5.41) is 3.56. The summed E-state index contributed by atoms with van der Waals surface area (Å²) in [6, 6.07) is 0. The van der Waals surface area contributed by atoms with E-state index in [1.807, 2.05) is 0 Å². The first-order valence-electron chi connectivity index (χ1n) is 6.46. The number of carbonyl (C=O) groups excluding carboxylic acids is 1. The van der Waals surface area contributed by atoms with Crippen LogP contribution in [-0.2, 0) is 4.79 Å². The molecule has 0 amide bonds. The van der Waals surface area contributed by atoms with E-state index in [2.05, 4.69) is 46.9 Å². The van der Waals surface area contributed by atoms with E-state index in [1.165, 1.54) is 0 Å². The minimum Gasteiger partial charge on any atom is -0.312 e. The molecule has 0 fully saturated rings. The summed E-state index contributed by atoms with van der Waals surface area (Å²) in [6.45, 7) is 14.2. The fourth-order valence-corrected chi connectivity index (χ4v) is 1.63. The van der Waals surface area contributed by atoms with Gasteiger partial charge in [0.05, 0.1) is 0 Å². The summed E-state index contributed by atoms with van der Waals surface area (Å²) in [5.74, 6) is 0.546. The summed E-state index contributed by atoms with van der Waals surface area (Å²) in [4.78, 5) is 10.7. The van der Waals surface area contributed by atoms with Gasteiger partial charge in [0, 0.05) is 12.0 Å². The van der Waals surface area contributed by atoms with Gasteiger partial charge in [-0.15, -0.1) is 0 Å². The summed E-state index contributed by atoms with van der Waals surface area (Å²) < 4.78 is 0. The summed E-state index contributed by atoms with van der Waals surface area (Å²) in [6.07, 6.45) is 3.91. The highest BCUT2D eigenvalue weighted by Gasteiger charge is 2.28. The lowest BCUT2D eigenvalue weighted by Gasteiger charge is -2.34. The van der Waals surface area contributed by atoms with Crippen LogP contribution in [0.4, 0.5) is 0 Å². The van der Waals surface area contributed by atoms with Crippen molar-refractivity contribution in [3.8, 4) is 0 Å². The molecule has 2 heteroatoms. The maximum absolute atomic E-state index is 10.7. The normalized spacial score (nSPS) is 16.2. The Morgan fingerprint density at radius 1 is 1.25 bits per heavy atom. The molecular formula is C14H29NO. The number of hydrogen-bond acceptors (Lipinski definition) is 2. The molecule has 0 radical (unpaired) electrons. The summed E-state index contributed by atoms with van der Waals surface area (Å²) in [7, 11) is 0. The van der Waals surface area contributed by atoms with Crippen LogP contribution in [-0.4, -0.2) is 18.4 Å². The van der Waals surface area contributed by atoms with Gasteiger partial charge in [-0.05, 0) is 44.6 Å². The fourth-order valence-electron chi connectivity index (χ4n) is 1.63. The van der Waals surface area contributed by atoms with E-state index < -0.39 is 0 Å². The summed E-state index contributed by atoms with van der Waals surface area (Å²) >= 11 is 0. The standard InChI is InChI=1S/C14H29NO/c1-7-13(4,5)15-10-8-14(6,9-11-16)12(2)3/h11-12,15H,7-10H2,1-6H3. The molecule has 0 aliphatic rings. The van der Waals surface area contributed by atoms with Crippen LogP contribution in [0.2, 0.25) is 0 Å². The predicted octanol–water partition coefficient (Wildman–Crippen LogP) is 3.41. The number of carbonyl (C=O) groups is 1. The lowest BCUT2D eigenvalue weighted by atomic mass is 9.74. The predicted molar refractivity (Wildman–Crippen MR) is 70.6 cm³/mol. The molecule has 1 unspecified atom stereocenters. The first-order valence-corrected chi connectivity index (χ1v) is 6.46. The fraction of sp³-hybridized carbons (Fsp3) is 0.929. The van der Waals surface area contributed by atoms with Crippen LogP contribution < -0.4 is 5.32 Å². The van der Waals surface area contributed by atoms with Gasteiger partial charge in [0.1, 0.15) is 6.29 Å². The van der Waals surface area contributed by atoms with E-state index in [0.29, 0.717) is 12.3 Å². The first kappa shape index (κ1) is 15.6. The molecular weight excluding hydrogens is 198 g/mol. The average molecular weight is 227 g/mol. The first-order chi connectivity index (χ1) is 7.27. The molecule has 0 aliphatic heterocycles. The molecule has 0 aromatic heterocycles. The van der Waals surface area contributed by atoms with Crippen molar-refractivity contribution in [3.05, 3.63) is 0 Å². The molecule has 0 rings (SSSR count). The second-order valence-electron chi connectivity index (χ2n) is 6.09. The van der Waals surface area contributed by atoms with Crippen LogP contribution in [0.1, 0.15) is 60.8 Å². The third-order valence-electron chi connectivity index (χ3n) is 4.13. The van der Waals surface area contributed by atoms with Gasteiger partial charge in [-0.3, -0.25) is 0 Å². The maximum atomic E-state index is 10.7. The Morgan fingerprint density at radius 3 is 2.19 bits per heavy atom. The van der Waals surface area contributed by atoms with E-state index in [0.717, 1.165) is 25.7 Å². The van der Waals surface area contributed by atoms with Crippen molar-refractivity contribution in [2.24, 2.45) is 11.3 Å². The maximum Gasteiger partial charge on any atom is 0.120 e. The molecule has 0 saturated carbocycles. The minimum atomic E-state index is 0.137. The number of rotatable bonds is 8. The molecule has 0 aliphatic carbocycles. The number of aldehydes is 1. The zero-order chi connectivity index (χ0) is 12.8. The van der Waals surface area contributed by atoms with Crippen LogP contribution in [0, 0.1) is 11.3 Å². The smallest absolute Gasteiger partial charge is 0.120 e. The monoisotopic (exact) mass is 227 g/mol. The highest BCUT2D eigenvalue weighted by atomic mass is 16.1. The second-order valence-corrected chi connectivity index (χ2v) is 6.09. The molecule has 0 heterocycles. The Labute approximate surface area is 101 Å². The van der Waals surface area contributed by atoms with Crippen molar-refractivity contribution >= 4 is 6.29 Å². The van der Waals surface area contributed by atoms with E-state index in [1.54, 1.807) is 0 Å². The molecule has 0 aromatic carbocycles. The quantitative estimate of drug-likeness (QED) is 0.644. The topological polar surface area (TPSA) is 29.1 Å². The Bertz CT molecular complexity index is 211. The Morgan fingerprint density at radius 2 is 1.81 bits per heavy atom. The van der Waals surface area contributed by atoms with Gasteiger partial charge >= 0.3 is 0 Å². The van der Waals surface area contributed by atoms with E-state index in [4.69, 9.17) is 0 Å². The zero-order valence-corrected chi connectivity index (χ0v) is 11.9. The molecule has 0 saturated heterocycles. The molecule has 1 N–H and O–H groups in total. The molecule has 96 valence electrons. The SMILES string of the molecule is CCC(C)(C)NCCC(C)(CC=O)C(C)C. The van der Waals surface area contributed by atoms with Crippen LogP contribution in [0.25, 0.3) is 0 Å². The Balaban J connectivity index is 4.19. The third kappa shape index (κ3) is 5.11. The van der Waals surface area contributed by atoms with E-state index in [-0.39, 0.29) is 11.0 Å². The van der Waals surface area contributed by atoms with Gasteiger partial charge in [-0.1, -0.05) is 27.7 Å². The largest absolute Gasteiger partial charge is 0.312 e. The Kier molecular flexibility index (Phi) is 6.24. The van der Waals surface area contributed by atoms with Gasteiger partial charge in [-0.25, -0.2) is 0 Å².